The number of nitrogens with zero attached hydrogens (tertiary/aromatic N) is 2. The smallest absolute Gasteiger partial charge is 0.0559 e. The lowest BCUT2D eigenvalue weighted by molar-refractivity contribution is 0.474. The van der Waals surface area contributed by atoms with E-state index >= 15 is 0 Å². The van der Waals surface area contributed by atoms with Gasteiger partial charge < -0.3 is 10.2 Å². The lowest BCUT2D eigenvalue weighted by atomic mass is 9.98. The van der Waals surface area contributed by atoms with Gasteiger partial charge in [0.05, 0.1) is 11.9 Å². The van der Waals surface area contributed by atoms with Gasteiger partial charge in [0.2, 0.25) is 0 Å². The molecule has 2 bridgehead atoms. The van der Waals surface area contributed by atoms with Gasteiger partial charge in [0.15, 0.2) is 0 Å². The topological polar surface area (TPSA) is 28.2 Å². The van der Waals surface area contributed by atoms with E-state index in [4.69, 9.17) is 0 Å². The second-order valence-electron chi connectivity index (χ2n) is 6.92. The first kappa shape index (κ1) is 17.0. The Bertz CT molecular complexity index is 663. The summed E-state index contributed by atoms with van der Waals surface area (Å²) in [6.45, 7) is 11.7. The molecular weight excluding hydrogens is 294 g/mol. The maximum atomic E-state index is 4.50. The summed E-state index contributed by atoms with van der Waals surface area (Å²) in [4.78, 5) is 7.00. The van der Waals surface area contributed by atoms with Gasteiger partial charge >= 0.3 is 0 Å². The van der Waals surface area contributed by atoms with Crippen molar-refractivity contribution in [1.82, 2.24) is 10.3 Å². The number of hydrogen-bond donors (Lipinski definition) is 1. The largest absolute Gasteiger partial charge is 0.368 e. The van der Waals surface area contributed by atoms with E-state index in [0.717, 1.165) is 19.0 Å². The Labute approximate surface area is 146 Å². The second-order valence-corrected chi connectivity index (χ2v) is 6.92. The van der Waals surface area contributed by atoms with Crippen molar-refractivity contribution in [2.75, 3.05) is 24.5 Å². The molecule has 2 atom stereocenters. The van der Waals surface area contributed by atoms with E-state index < -0.39 is 0 Å². The zero-order valence-electron chi connectivity index (χ0n) is 15.3. The van der Waals surface area contributed by atoms with Crippen LogP contribution in [0.4, 0.5) is 5.69 Å². The predicted molar refractivity (Wildman–Crippen MR) is 103 cm³/mol. The summed E-state index contributed by atoms with van der Waals surface area (Å²) in [6, 6.07) is 9.66. The molecule has 2 aromatic rings. The van der Waals surface area contributed by atoms with Crippen molar-refractivity contribution in [3.63, 3.8) is 0 Å². The minimum absolute atomic E-state index is 0.656. The van der Waals surface area contributed by atoms with E-state index in [2.05, 4.69) is 53.3 Å². The SMILES string of the molecule is CC.Cc1cc(C)cc(-c2cncc(N3CC4CNC(C4)C3)c2)c1. The van der Waals surface area contributed by atoms with Gasteiger partial charge in [0, 0.05) is 37.4 Å². The first-order valence-electron chi connectivity index (χ1n) is 9.19. The molecule has 128 valence electrons. The maximum absolute atomic E-state index is 4.50. The summed E-state index contributed by atoms with van der Waals surface area (Å²) in [7, 11) is 0. The minimum Gasteiger partial charge on any atom is -0.368 e. The summed E-state index contributed by atoms with van der Waals surface area (Å²) < 4.78 is 0. The van der Waals surface area contributed by atoms with Crippen LogP contribution < -0.4 is 10.2 Å². The number of hydrogen-bond acceptors (Lipinski definition) is 3. The number of nitrogens with one attached hydrogen (secondary N) is 1. The van der Waals surface area contributed by atoms with Gasteiger partial charge in [0.1, 0.15) is 0 Å². The van der Waals surface area contributed by atoms with Gasteiger partial charge in [-0.1, -0.05) is 43.2 Å². The molecule has 2 unspecified atom stereocenters. The highest BCUT2D eigenvalue weighted by molar-refractivity contribution is 5.68. The third-order valence-corrected chi connectivity index (χ3v) is 4.88. The van der Waals surface area contributed by atoms with Crippen LogP contribution >= 0.6 is 0 Å². The van der Waals surface area contributed by atoms with E-state index in [1.807, 2.05) is 26.2 Å². The number of fused-ring (bicyclic) bond motifs is 2. The summed E-state index contributed by atoms with van der Waals surface area (Å²) >= 11 is 0. The fraction of sp³-hybridized carbons (Fsp3) is 0.476. The number of rotatable bonds is 2. The van der Waals surface area contributed by atoms with Crippen LogP contribution in [0.5, 0.6) is 0 Å². The van der Waals surface area contributed by atoms with Crippen molar-refractivity contribution < 1.29 is 0 Å². The molecule has 1 aromatic heterocycles. The Kier molecular flexibility index (Phi) is 5.20. The number of benzene rings is 1. The van der Waals surface area contributed by atoms with Crippen LogP contribution in [0.1, 0.15) is 31.4 Å². The van der Waals surface area contributed by atoms with Crippen LogP contribution in [-0.4, -0.2) is 30.7 Å². The first-order chi connectivity index (χ1) is 11.7. The van der Waals surface area contributed by atoms with Crippen LogP contribution in [0, 0.1) is 19.8 Å². The van der Waals surface area contributed by atoms with Crippen LogP contribution in [0.3, 0.4) is 0 Å². The third kappa shape index (κ3) is 3.62. The number of piperidine rings is 1. The van der Waals surface area contributed by atoms with E-state index in [1.165, 1.54) is 40.9 Å². The Hall–Kier alpha value is -1.87. The molecule has 0 amide bonds. The maximum Gasteiger partial charge on any atom is 0.0559 e. The molecule has 1 aromatic carbocycles. The highest BCUT2D eigenvalue weighted by atomic mass is 15.2. The Balaban J connectivity index is 0.000000815. The molecule has 3 heteroatoms. The summed E-state index contributed by atoms with van der Waals surface area (Å²) in [5, 5.41) is 3.62. The molecule has 24 heavy (non-hydrogen) atoms. The van der Waals surface area contributed by atoms with Crippen LogP contribution in [0.25, 0.3) is 11.1 Å². The predicted octanol–water partition coefficient (Wildman–Crippen LogP) is 4.19. The van der Waals surface area contributed by atoms with Crippen LogP contribution in [0.15, 0.2) is 36.7 Å². The molecule has 3 heterocycles. The third-order valence-electron chi connectivity index (χ3n) is 4.88. The molecule has 0 saturated carbocycles. The molecule has 4 rings (SSSR count). The monoisotopic (exact) mass is 323 g/mol. The highest BCUT2D eigenvalue weighted by Crippen LogP contribution is 2.30. The summed E-state index contributed by atoms with van der Waals surface area (Å²) in [6.07, 6.45) is 5.33. The highest BCUT2D eigenvalue weighted by Gasteiger charge is 2.32. The zero-order chi connectivity index (χ0) is 17.1. The van der Waals surface area contributed by atoms with Crippen molar-refractivity contribution in [3.8, 4) is 11.1 Å². The van der Waals surface area contributed by atoms with E-state index in [0.29, 0.717) is 6.04 Å². The molecule has 2 fully saturated rings. The average molecular weight is 323 g/mol. The van der Waals surface area contributed by atoms with Gasteiger partial charge in [-0.3, -0.25) is 4.98 Å². The molecule has 2 saturated heterocycles. The standard InChI is InChI=1S/C19H23N3.C2H6/c1-13-3-14(2)5-16(4-13)17-7-19(10-20-9-17)22-11-15-6-18(12-22)21-8-15;1-2/h3-5,7,9-10,15,18,21H,6,8,11-12H2,1-2H3;1-2H3. The molecule has 0 spiro atoms. The Morgan fingerprint density at radius 3 is 2.42 bits per heavy atom. The molecule has 1 N–H and O–H groups in total. The summed E-state index contributed by atoms with van der Waals surface area (Å²) in [5.74, 6) is 0.795. The van der Waals surface area contributed by atoms with Crippen molar-refractivity contribution >= 4 is 5.69 Å². The lowest BCUT2D eigenvalue weighted by Crippen LogP contribution is -2.41. The number of aromatic nitrogens is 1. The quantitative estimate of drug-likeness (QED) is 0.898. The Morgan fingerprint density at radius 2 is 1.71 bits per heavy atom. The molecule has 0 radical (unpaired) electrons. The molecule has 2 aliphatic rings. The van der Waals surface area contributed by atoms with Crippen molar-refractivity contribution in [1.29, 1.82) is 0 Å². The van der Waals surface area contributed by atoms with E-state index in [-0.39, 0.29) is 0 Å². The molecular formula is C21H29N3. The van der Waals surface area contributed by atoms with Crippen LogP contribution in [-0.2, 0) is 0 Å². The normalized spacial score (nSPS) is 22.1. The first-order valence-corrected chi connectivity index (χ1v) is 9.19. The number of anilines is 1. The van der Waals surface area contributed by atoms with Gasteiger partial charge in [-0.25, -0.2) is 0 Å². The van der Waals surface area contributed by atoms with Crippen molar-refractivity contribution in [3.05, 3.63) is 47.8 Å². The van der Waals surface area contributed by atoms with Crippen molar-refractivity contribution in [2.24, 2.45) is 5.92 Å². The Morgan fingerprint density at radius 1 is 0.958 bits per heavy atom. The summed E-state index contributed by atoms with van der Waals surface area (Å²) in [5.41, 5.74) is 6.36. The second kappa shape index (κ2) is 7.35. The average Bonchev–Trinajstić information content (AvgIpc) is 2.94. The molecule has 0 aliphatic carbocycles. The van der Waals surface area contributed by atoms with Gasteiger partial charge in [-0.2, -0.15) is 0 Å². The van der Waals surface area contributed by atoms with Gasteiger partial charge in [-0.15, -0.1) is 0 Å². The van der Waals surface area contributed by atoms with E-state index in [9.17, 15) is 0 Å². The zero-order valence-corrected chi connectivity index (χ0v) is 15.3. The number of aryl methyl sites for hydroxylation is 2. The minimum atomic E-state index is 0.656. The fourth-order valence-electron chi connectivity index (χ4n) is 3.94. The number of pyridine rings is 1. The van der Waals surface area contributed by atoms with Gasteiger partial charge in [0.25, 0.3) is 0 Å². The molecule has 3 nitrogen and oxygen atoms in total. The lowest BCUT2D eigenvalue weighted by Gasteiger charge is -2.32. The van der Waals surface area contributed by atoms with Gasteiger partial charge in [-0.05, 0) is 37.8 Å². The van der Waals surface area contributed by atoms with E-state index in [1.54, 1.807) is 0 Å². The molecule has 2 aliphatic heterocycles. The van der Waals surface area contributed by atoms with Crippen LogP contribution in [0.2, 0.25) is 0 Å². The fourth-order valence-corrected chi connectivity index (χ4v) is 3.94. The van der Waals surface area contributed by atoms with Crippen molar-refractivity contribution in [2.45, 2.75) is 40.2 Å².